The van der Waals surface area contributed by atoms with Crippen molar-refractivity contribution in [3.8, 4) is 11.3 Å². The summed E-state index contributed by atoms with van der Waals surface area (Å²) in [4.78, 5) is 30.8. The van der Waals surface area contributed by atoms with Crippen LogP contribution in [-0.4, -0.2) is 29.0 Å². The van der Waals surface area contributed by atoms with E-state index in [4.69, 9.17) is 0 Å². The first-order valence-electron chi connectivity index (χ1n) is 8.22. The minimum atomic E-state index is -0.432. The van der Waals surface area contributed by atoms with Gasteiger partial charge in [-0.15, -0.1) is 11.3 Å². The summed E-state index contributed by atoms with van der Waals surface area (Å²) in [5, 5.41) is 5.21. The third-order valence-electron chi connectivity index (χ3n) is 3.85. The van der Waals surface area contributed by atoms with Gasteiger partial charge < -0.3 is 15.0 Å². The van der Waals surface area contributed by atoms with Crippen LogP contribution >= 0.6 is 11.3 Å². The van der Waals surface area contributed by atoms with Crippen LogP contribution in [0.1, 0.15) is 28.9 Å². The Kier molecular flexibility index (Phi) is 5.80. The summed E-state index contributed by atoms with van der Waals surface area (Å²) < 4.78 is 4.67. The van der Waals surface area contributed by atoms with Crippen LogP contribution in [0, 0.1) is 0 Å². The number of anilines is 1. The molecule has 6 nitrogen and oxygen atoms in total. The highest BCUT2D eigenvalue weighted by Crippen LogP contribution is 2.25. The Bertz CT molecular complexity index is 886. The van der Waals surface area contributed by atoms with Gasteiger partial charge >= 0.3 is 5.97 Å². The Morgan fingerprint density at radius 1 is 1.27 bits per heavy atom. The number of hydrogen-bond acceptors (Lipinski definition) is 5. The fraction of sp³-hybridized carbons (Fsp3) is 0.211. The Hall–Kier alpha value is -2.93. The van der Waals surface area contributed by atoms with Gasteiger partial charge in [0.2, 0.25) is 5.91 Å². The van der Waals surface area contributed by atoms with Crippen LogP contribution in [0.5, 0.6) is 0 Å². The number of amides is 1. The van der Waals surface area contributed by atoms with E-state index in [0.29, 0.717) is 22.9 Å². The van der Waals surface area contributed by atoms with Gasteiger partial charge in [0.15, 0.2) is 5.13 Å². The lowest BCUT2D eigenvalue weighted by molar-refractivity contribution is -0.116. The molecule has 3 aromatic rings. The molecular formula is C19H19N3O3S. The summed E-state index contributed by atoms with van der Waals surface area (Å²) in [6.07, 6.45) is 3.79. The monoisotopic (exact) mass is 369 g/mol. The molecule has 0 aliphatic rings. The van der Waals surface area contributed by atoms with Crippen LogP contribution in [0.15, 0.2) is 48.0 Å². The molecule has 2 N–H and O–H groups in total. The molecule has 0 spiro atoms. The number of thiazole rings is 1. The summed E-state index contributed by atoms with van der Waals surface area (Å²) >= 11 is 1.35. The predicted molar refractivity (Wildman–Crippen MR) is 101 cm³/mol. The summed E-state index contributed by atoms with van der Waals surface area (Å²) in [5.41, 5.74) is 3.06. The van der Waals surface area contributed by atoms with Gasteiger partial charge in [0.05, 0.1) is 12.8 Å². The van der Waals surface area contributed by atoms with Gasteiger partial charge in [-0.3, -0.25) is 4.79 Å². The third kappa shape index (κ3) is 4.58. The van der Waals surface area contributed by atoms with E-state index in [-0.39, 0.29) is 5.91 Å². The molecule has 0 bridgehead atoms. The van der Waals surface area contributed by atoms with E-state index in [1.165, 1.54) is 24.0 Å². The fourth-order valence-corrected chi connectivity index (χ4v) is 3.25. The van der Waals surface area contributed by atoms with Crippen LogP contribution in [0.4, 0.5) is 5.13 Å². The maximum Gasteiger partial charge on any atom is 0.354 e. The highest BCUT2D eigenvalue weighted by Gasteiger charge is 2.12. The predicted octanol–water partition coefficient (Wildman–Crippen LogP) is 3.89. The zero-order valence-electron chi connectivity index (χ0n) is 14.3. The number of nitrogens with one attached hydrogen (secondary N) is 2. The van der Waals surface area contributed by atoms with Crippen LogP contribution in [0.3, 0.4) is 0 Å². The molecule has 134 valence electrons. The summed E-state index contributed by atoms with van der Waals surface area (Å²) in [7, 11) is 1.33. The lowest BCUT2D eigenvalue weighted by atomic mass is 10.1. The Balaban J connectivity index is 1.52. The number of rotatable bonds is 7. The number of ether oxygens (including phenoxy) is 1. The van der Waals surface area contributed by atoms with Crippen LogP contribution in [-0.2, 0) is 16.0 Å². The number of nitrogens with zero attached hydrogens (tertiary/aromatic N) is 1. The van der Waals surface area contributed by atoms with Gasteiger partial charge in [-0.25, -0.2) is 9.78 Å². The number of aryl methyl sites for hydroxylation is 1. The molecule has 2 heterocycles. The highest BCUT2D eigenvalue weighted by molar-refractivity contribution is 7.14. The average molecular weight is 369 g/mol. The molecule has 26 heavy (non-hydrogen) atoms. The van der Waals surface area contributed by atoms with Crippen molar-refractivity contribution in [1.29, 1.82) is 0 Å². The standard InChI is InChI=1S/C19H19N3O3S/c1-25-18(24)15-10-14(11-20-15)16-12-26-19(21-16)22-17(23)9-5-8-13-6-3-2-4-7-13/h2-4,6-7,10-12,20H,5,8-9H2,1H3,(H,21,22,23). The zero-order chi connectivity index (χ0) is 18.4. The van der Waals surface area contributed by atoms with Crippen molar-refractivity contribution in [3.05, 3.63) is 59.2 Å². The second-order valence-corrected chi connectivity index (χ2v) is 6.58. The second-order valence-electron chi connectivity index (χ2n) is 5.72. The van der Waals surface area contributed by atoms with Crippen LogP contribution in [0.2, 0.25) is 0 Å². The molecule has 2 aromatic heterocycles. The van der Waals surface area contributed by atoms with Gasteiger partial charge in [0.25, 0.3) is 0 Å². The van der Waals surface area contributed by atoms with Gasteiger partial charge in [-0.05, 0) is 24.5 Å². The molecule has 0 atom stereocenters. The van der Waals surface area contributed by atoms with E-state index in [9.17, 15) is 9.59 Å². The smallest absolute Gasteiger partial charge is 0.354 e. The molecule has 0 saturated carbocycles. The number of carbonyl (C=O) groups excluding carboxylic acids is 2. The number of carbonyl (C=O) groups is 2. The van der Waals surface area contributed by atoms with Crippen molar-refractivity contribution in [2.75, 3.05) is 12.4 Å². The molecule has 3 rings (SSSR count). The van der Waals surface area contributed by atoms with E-state index in [1.54, 1.807) is 12.3 Å². The topological polar surface area (TPSA) is 84.1 Å². The van der Waals surface area contributed by atoms with Crippen molar-refractivity contribution >= 4 is 28.3 Å². The summed E-state index contributed by atoms with van der Waals surface area (Å²) in [6.45, 7) is 0. The second kappa shape index (κ2) is 8.44. The molecule has 0 radical (unpaired) electrons. The van der Waals surface area contributed by atoms with E-state index >= 15 is 0 Å². The van der Waals surface area contributed by atoms with Crippen LogP contribution < -0.4 is 5.32 Å². The maximum atomic E-state index is 12.1. The third-order valence-corrected chi connectivity index (χ3v) is 4.60. The van der Waals surface area contributed by atoms with E-state index in [0.717, 1.165) is 18.4 Å². The molecular weight excluding hydrogens is 350 g/mol. The average Bonchev–Trinajstić information content (AvgIpc) is 3.31. The number of hydrogen-bond donors (Lipinski definition) is 2. The highest BCUT2D eigenvalue weighted by atomic mass is 32.1. The lowest BCUT2D eigenvalue weighted by Crippen LogP contribution is -2.11. The van der Waals surface area contributed by atoms with E-state index < -0.39 is 5.97 Å². The normalized spacial score (nSPS) is 10.5. The van der Waals surface area contributed by atoms with Crippen molar-refractivity contribution in [1.82, 2.24) is 9.97 Å². The minimum absolute atomic E-state index is 0.0499. The Morgan fingerprint density at radius 2 is 2.08 bits per heavy atom. The van der Waals surface area contributed by atoms with Gasteiger partial charge in [0.1, 0.15) is 5.69 Å². The first-order chi connectivity index (χ1) is 12.7. The summed E-state index contributed by atoms with van der Waals surface area (Å²) in [5.74, 6) is -0.482. The van der Waals surface area contributed by atoms with Crippen LogP contribution in [0.25, 0.3) is 11.3 Å². The number of methoxy groups -OCH3 is 1. The van der Waals surface area contributed by atoms with E-state index in [1.807, 2.05) is 23.6 Å². The number of esters is 1. The van der Waals surface area contributed by atoms with Crippen molar-refractivity contribution < 1.29 is 14.3 Å². The molecule has 1 aromatic carbocycles. The number of benzene rings is 1. The largest absolute Gasteiger partial charge is 0.464 e. The van der Waals surface area contributed by atoms with Crippen molar-refractivity contribution in [3.63, 3.8) is 0 Å². The van der Waals surface area contributed by atoms with Gasteiger partial charge in [0, 0.05) is 23.6 Å². The van der Waals surface area contributed by atoms with Gasteiger partial charge in [-0.1, -0.05) is 30.3 Å². The minimum Gasteiger partial charge on any atom is -0.464 e. The lowest BCUT2D eigenvalue weighted by Gasteiger charge is -2.02. The molecule has 0 aliphatic heterocycles. The molecule has 7 heteroatoms. The quantitative estimate of drug-likeness (QED) is 0.619. The first kappa shape index (κ1) is 17.9. The number of aromatic amines is 1. The Labute approximate surface area is 155 Å². The fourth-order valence-electron chi connectivity index (χ4n) is 2.51. The SMILES string of the molecule is COC(=O)c1cc(-c2csc(NC(=O)CCCc3ccccc3)n2)c[nH]1. The van der Waals surface area contributed by atoms with Crippen molar-refractivity contribution in [2.24, 2.45) is 0 Å². The van der Waals surface area contributed by atoms with Crippen molar-refractivity contribution in [2.45, 2.75) is 19.3 Å². The molecule has 0 aliphatic carbocycles. The van der Waals surface area contributed by atoms with E-state index in [2.05, 4.69) is 32.2 Å². The molecule has 0 fully saturated rings. The molecule has 1 amide bonds. The molecule has 0 unspecified atom stereocenters. The number of aromatic nitrogens is 2. The Morgan fingerprint density at radius 3 is 2.85 bits per heavy atom. The zero-order valence-corrected chi connectivity index (χ0v) is 15.1. The summed E-state index contributed by atoms with van der Waals surface area (Å²) in [6, 6.07) is 11.8. The maximum absolute atomic E-state index is 12.1. The van der Waals surface area contributed by atoms with Gasteiger partial charge in [-0.2, -0.15) is 0 Å². The first-order valence-corrected chi connectivity index (χ1v) is 9.10. The number of H-pyrrole nitrogens is 1. The molecule has 0 saturated heterocycles.